The highest BCUT2D eigenvalue weighted by molar-refractivity contribution is 5.97. The molecule has 2 atom stereocenters. The minimum absolute atomic E-state index is 0.143. The number of aryl methyl sites for hydroxylation is 3. The molecule has 34 heavy (non-hydrogen) atoms. The first-order valence-corrected chi connectivity index (χ1v) is 12.5. The van der Waals surface area contributed by atoms with Crippen LogP contribution < -0.4 is 15.4 Å². The third kappa shape index (κ3) is 5.37. The summed E-state index contributed by atoms with van der Waals surface area (Å²) in [6.45, 7) is 10.4. The first kappa shape index (κ1) is 24.1. The standard InChI is InChI=1S/C28H37N3O3/c1-4-5-11-34-25-12-19(2)27(20(3)13-25)28(33)31-17-22-15-30(16-23(22)18-31)24-8-6-7-21(14-24)9-10-26(29)32/h6-8,12-14,22-23H,4-5,9-11,15-18H2,1-3H3,(H2,29,32). The maximum absolute atomic E-state index is 13.4. The molecule has 2 unspecified atom stereocenters. The van der Waals surface area contributed by atoms with E-state index in [1.54, 1.807) is 0 Å². The number of carbonyl (C=O) groups excluding carboxylic acids is 2. The fourth-order valence-corrected chi connectivity index (χ4v) is 5.38. The molecular formula is C28H37N3O3. The lowest BCUT2D eigenvalue weighted by atomic mass is 10.0. The molecule has 2 heterocycles. The second-order valence-corrected chi connectivity index (χ2v) is 9.91. The Morgan fingerprint density at radius 1 is 1.03 bits per heavy atom. The molecule has 2 N–H and O–H groups in total. The summed E-state index contributed by atoms with van der Waals surface area (Å²) in [5.74, 6) is 1.69. The number of amides is 2. The van der Waals surface area contributed by atoms with E-state index in [0.717, 1.165) is 67.0 Å². The molecule has 182 valence electrons. The van der Waals surface area contributed by atoms with Gasteiger partial charge in [-0.3, -0.25) is 9.59 Å². The van der Waals surface area contributed by atoms with Gasteiger partial charge in [0, 0.05) is 55.7 Å². The highest BCUT2D eigenvalue weighted by atomic mass is 16.5. The van der Waals surface area contributed by atoms with Gasteiger partial charge in [-0.2, -0.15) is 0 Å². The zero-order valence-electron chi connectivity index (χ0n) is 20.7. The number of likely N-dealkylation sites (tertiary alicyclic amines) is 1. The molecule has 0 bridgehead atoms. The van der Waals surface area contributed by atoms with Crippen molar-refractivity contribution < 1.29 is 14.3 Å². The predicted molar refractivity (Wildman–Crippen MR) is 135 cm³/mol. The third-order valence-corrected chi connectivity index (χ3v) is 7.20. The summed E-state index contributed by atoms with van der Waals surface area (Å²) >= 11 is 0. The van der Waals surface area contributed by atoms with Crippen molar-refractivity contribution in [2.24, 2.45) is 17.6 Å². The molecule has 2 amide bonds. The zero-order valence-corrected chi connectivity index (χ0v) is 20.7. The third-order valence-electron chi connectivity index (χ3n) is 7.20. The van der Waals surface area contributed by atoms with Gasteiger partial charge in [0.1, 0.15) is 5.75 Å². The Hall–Kier alpha value is -3.02. The van der Waals surface area contributed by atoms with Crippen LogP contribution >= 0.6 is 0 Å². The second-order valence-electron chi connectivity index (χ2n) is 9.91. The highest BCUT2D eigenvalue weighted by Gasteiger charge is 2.42. The number of hydrogen-bond acceptors (Lipinski definition) is 4. The summed E-state index contributed by atoms with van der Waals surface area (Å²) in [5, 5.41) is 0. The molecule has 6 nitrogen and oxygen atoms in total. The van der Waals surface area contributed by atoms with Crippen LogP contribution in [-0.4, -0.2) is 49.5 Å². The fourth-order valence-electron chi connectivity index (χ4n) is 5.38. The second kappa shape index (κ2) is 10.5. The Kier molecular flexibility index (Phi) is 7.44. The molecule has 2 aliphatic heterocycles. The molecule has 0 aromatic heterocycles. The van der Waals surface area contributed by atoms with Crippen molar-refractivity contribution in [1.82, 2.24) is 4.90 Å². The molecule has 6 heteroatoms. The lowest BCUT2D eigenvalue weighted by Gasteiger charge is -2.25. The van der Waals surface area contributed by atoms with E-state index in [1.165, 1.54) is 5.69 Å². The van der Waals surface area contributed by atoms with E-state index in [4.69, 9.17) is 10.5 Å². The van der Waals surface area contributed by atoms with Gasteiger partial charge in [-0.1, -0.05) is 25.5 Å². The number of hydrogen-bond donors (Lipinski definition) is 1. The van der Waals surface area contributed by atoms with Gasteiger partial charge in [-0.15, -0.1) is 0 Å². The van der Waals surface area contributed by atoms with Crippen molar-refractivity contribution in [2.45, 2.75) is 46.5 Å². The van der Waals surface area contributed by atoms with E-state index in [9.17, 15) is 9.59 Å². The summed E-state index contributed by atoms with van der Waals surface area (Å²) < 4.78 is 5.86. The van der Waals surface area contributed by atoms with E-state index in [-0.39, 0.29) is 11.8 Å². The van der Waals surface area contributed by atoms with Gasteiger partial charge in [0.25, 0.3) is 5.91 Å². The summed E-state index contributed by atoms with van der Waals surface area (Å²) in [4.78, 5) is 29.0. The van der Waals surface area contributed by atoms with Gasteiger partial charge in [-0.05, 0) is 67.6 Å². The molecule has 2 aromatic carbocycles. The van der Waals surface area contributed by atoms with Crippen LogP contribution in [0.15, 0.2) is 36.4 Å². The van der Waals surface area contributed by atoms with Gasteiger partial charge < -0.3 is 20.3 Å². The molecule has 2 aromatic rings. The topological polar surface area (TPSA) is 75.9 Å². The average molecular weight is 464 g/mol. The molecule has 0 aliphatic carbocycles. The minimum atomic E-state index is -0.269. The summed E-state index contributed by atoms with van der Waals surface area (Å²) in [5.41, 5.74) is 10.4. The summed E-state index contributed by atoms with van der Waals surface area (Å²) in [6.07, 6.45) is 3.18. The largest absolute Gasteiger partial charge is 0.494 e. The van der Waals surface area contributed by atoms with Gasteiger partial charge in [0.15, 0.2) is 0 Å². The number of carbonyl (C=O) groups is 2. The molecule has 4 rings (SSSR count). The van der Waals surface area contributed by atoms with Crippen LogP contribution in [-0.2, 0) is 11.2 Å². The maximum Gasteiger partial charge on any atom is 0.254 e. The lowest BCUT2D eigenvalue weighted by molar-refractivity contribution is -0.117. The number of benzene rings is 2. The monoisotopic (exact) mass is 463 g/mol. The van der Waals surface area contributed by atoms with Crippen LogP contribution in [0.2, 0.25) is 0 Å². The molecule has 0 saturated carbocycles. The number of ether oxygens (including phenoxy) is 1. The zero-order chi connectivity index (χ0) is 24.2. The number of nitrogens with zero attached hydrogens (tertiary/aromatic N) is 2. The maximum atomic E-state index is 13.4. The quantitative estimate of drug-likeness (QED) is 0.568. The number of fused-ring (bicyclic) bond motifs is 1. The average Bonchev–Trinajstić information content (AvgIpc) is 3.37. The predicted octanol–water partition coefficient (Wildman–Crippen LogP) is 4.11. The number of rotatable bonds is 9. The van der Waals surface area contributed by atoms with Gasteiger partial charge >= 0.3 is 0 Å². The van der Waals surface area contributed by atoms with E-state index in [2.05, 4.69) is 36.1 Å². The molecule has 2 saturated heterocycles. The summed E-state index contributed by atoms with van der Waals surface area (Å²) in [6, 6.07) is 12.4. The lowest BCUT2D eigenvalue weighted by Crippen LogP contribution is -2.34. The van der Waals surface area contributed by atoms with Gasteiger partial charge in [0.05, 0.1) is 6.61 Å². The first-order chi connectivity index (χ1) is 16.4. The van der Waals surface area contributed by atoms with Crippen molar-refractivity contribution in [3.05, 3.63) is 58.7 Å². The Morgan fingerprint density at radius 2 is 1.71 bits per heavy atom. The van der Waals surface area contributed by atoms with E-state index in [0.29, 0.717) is 31.3 Å². The number of primary amides is 1. The van der Waals surface area contributed by atoms with Crippen molar-refractivity contribution >= 4 is 17.5 Å². The van der Waals surface area contributed by atoms with Crippen molar-refractivity contribution in [3.63, 3.8) is 0 Å². The Labute approximate surface area is 203 Å². The van der Waals surface area contributed by atoms with Crippen molar-refractivity contribution in [2.75, 3.05) is 37.7 Å². The van der Waals surface area contributed by atoms with Crippen LogP contribution in [0.1, 0.15) is 53.2 Å². The van der Waals surface area contributed by atoms with Gasteiger partial charge in [0.2, 0.25) is 5.91 Å². The fraction of sp³-hybridized carbons (Fsp3) is 0.500. The summed E-state index contributed by atoms with van der Waals surface area (Å²) in [7, 11) is 0. The van der Waals surface area contributed by atoms with Crippen molar-refractivity contribution in [1.29, 1.82) is 0 Å². The van der Waals surface area contributed by atoms with Gasteiger partial charge in [-0.25, -0.2) is 0 Å². The van der Waals surface area contributed by atoms with E-state index < -0.39 is 0 Å². The molecule has 2 fully saturated rings. The normalized spacial score (nSPS) is 19.4. The van der Waals surface area contributed by atoms with Crippen molar-refractivity contribution in [3.8, 4) is 5.75 Å². The molecule has 0 radical (unpaired) electrons. The minimum Gasteiger partial charge on any atom is -0.494 e. The van der Waals surface area contributed by atoms with Crippen LogP contribution in [0, 0.1) is 25.7 Å². The molecule has 2 aliphatic rings. The SMILES string of the molecule is CCCCOc1cc(C)c(C(=O)N2CC3CN(c4cccc(CCC(N)=O)c4)CC3C2)c(C)c1. The van der Waals surface area contributed by atoms with E-state index in [1.807, 2.05) is 30.9 Å². The Morgan fingerprint density at radius 3 is 2.32 bits per heavy atom. The Bertz CT molecular complexity index is 1010. The van der Waals surface area contributed by atoms with Crippen LogP contribution in [0.25, 0.3) is 0 Å². The van der Waals surface area contributed by atoms with Crippen LogP contribution in [0.5, 0.6) is 5.75 Å². The number of anilines is 1. The van der Waals surface area contributed by atoms with Crippen LogP contribution in [0.4, 0.5) is 5.69 Å². The highest BCUT2D eigenvalue weighted by Crippen LogP contribution is 2.35. The van der Waals surface area contributed by atoms with Crippen LogP contribution in [0.3, 0.4) is 0 Å². The molecule has 0 spiro atoms. The molecular weight excluding hydrogens is 426 g/mol. The smallest absolute Gasteiger partial charge is 0.254 e. The number of nitrogens with two attached hydrogens (primary N) is 1. The Balaban J connectivity index is 1.38. The first-order valence-electron chi connectivity index (χ1n) is 12.5. The number of unbranched alkanes of at least 4 members (excludes halogenated alkanes) is 1. The van der Waals surface area contributed by atoms with E-state index >= 15 is 0 Å².